The molecule has 2 aromatic heterocycles. The molecule has 0 aliphatic heterocycles. The van der Waals surface area contributed by atoms with E-state index in [1.165, 1.54) is 25.3 Å². The number of imidazole rings is 1. The van der Waals surface area contributed by atoms with Crippen molar-refractivity contribution in [3.63, 3.8) is 0 Å². The molecule has 26 heavy (non-hydrogen) atoms. The first-order valence-electron chi connectivity index (χ1n) is 7.80. The molecule has 0 unspecified atom stereocenters. The van der Waals surface area contributed by atoms with Gasteiger partial charge in [0, 0.05) is 10.7 Å². The Morgan fingerprint density at radius 1 is 1.31 bits per heavy atom. The molecule has 8 heteroatoms. The van der Waals surface area contributed by atoms with Crippen molar-refractivity contribution in [1.29, 1.82) is 0 Å². The molecule has 134 valence electrons. The average molecular weight is 437 g/mol. The highest BCUT2D eigenvalue weighted by molar-refractivity contribution is 9.10. The number of carbonyl (C=O) groups excluding carboxylic acids is 2. The fraction of sp³-hybridized carbons (Fsp3) is 0.167. The molecule has 0 aliphatic rings. The molecule has 0 fully saturated rings. The Morgan fingerprint density at radius 3 is 2.77 bits per heavy atom. The molecule has 2 heterocycles. The van der Waals surface area contributed by atoms with Crippen LogP contribution >= 0.6 is 27.5 Å². The van der Waals surface area contributed by atoms with Gasteiger partial charge < -0.3 is 10.1 Å². The van der Waals surface area contributed by atoms with E-state index >= 15 is 0 Å². The number of anilines is 1. The van der Waals surface area contributed by atoms with Crippen LogP contribution in [0.4, 0.5) is 5.69 Å². The molecular weight excluding hydrogens is 422 g/mol. The van der Waals surface area contributed by atoms with Gasteiger partial charge in [0.25, 0.3) is 5.91 Å². The van der Waals surface area contributed by atoms with E-state index in [9.17, 15) is 9.59 Å². The van der Waals surface area contributed by atoms with Crippen LogP contribution in [0.2, 0.25) is 5.02 Å². The molecule has 1 amide bonds. The zero-order valence-corrected chi connectivity index (χ0v) is 16.4. The number of carbonyl (C=O) groups is 2. The van der Waals surface area contributed by atoms with Crippen LogP contribution in [0.15, 0.2) is 41.0 Å². The van der Waals surface area contributed by atoms with Crippen molar-refractivity contribution in [3.8, 4) is 0 Å². The minimum Gasteiger partial charge on any atom is -0.465 e. The number of pyridine rings is 1. The summed E-state index contributed by atoms with van der Waals surface area (Å²) in [6.07, 6.45) is 2.38. The van der Waals surface area contributed by atoms with Crippen LogP contribution in [-0.4, -0.2) is 28.4 Å². The quantitative estimate of drug-likeness (QED) is 0.617. The molecule has 0 aliphatic carbocycles. The van der Waals surface area contributed by atoms with Crippen molar-refractivity contribution in [2.45, 2.75) is 13.3 Å². The Labute approximate surface area is 163 Å². The number of benzene rings is 1. The summed E-state index contributed by atoms with van der Waals surface area (Å²) in [5, 5.41) is 3.08. The summed E-state index contributed by atoms with van der Waals surface area (Å²) in [6, 6.07) is 8.24. The second-order valence-corrected chi connectivity index (χ2v) is 6.80. The fourth-order valence-corrected chi connectivity index (χ4v) is 3.10. The van der Waals surface area contributed by atoms with Gasteiger partial charge in [-0.05, 0) is 52.7 Å². The topological polar surface area (TPSA) is 72.7 Å². The lowest BCUT2D eigenvalue weighted by Gasteiger charge is -2.10. The number of aryl methyl sites for hydroxylation is 1. The number of hydrogen-bond donors (Lipinski definition) is 1. The van der Waals surface area contributed by atoms with Crippen molar-refractivity contribution in [2.75, 3.05) is 12.4 Å². The third kappa shape index (κ3) is 3.45. The van der Waals surface area contributed by atoms with Crippen molar-refractivity contribution < 1.29 is 14.3 Å². The smallest absolute Gasteiger partial charge is 0.337 e. The first-order valence-corrected chi connectivity index (χ1v) is 8.97. The second-order valence-electron chi connectivity index (χ2n) is 5.48. The molecule has 0 radical (unpaired) electrons. The Balaban J connectivity index is 2.02. The molecule has 1 N–H and O–H groups in total. The normalized spacial score (nSPS) is 10.8. The number of nitrogens with zero attached hydrogens (tertiary/aromatic N) is 2. The summed E-state index contributed by atoms with van der Waals surface area (Å²) < 4.78 is 7.24. The number of nitrogens with one attached hydrogen (secondary N) is 1. The van der Waals surface area contributed by atoms with Gasteiger partial charge >= 0.3 is 5.97 Å². The maximum absolute atomic E-state index is 12.9. The van der Waals surface area contributed by atoms with Crippen LogP contribution in [-0.2, 0) is 11.2 Å². The predicted molar refractivity (Wildman–Crippen MR) is 103 cm³/mol. The van der Waals surface area contributed by atoms with Gasteiger partial charge in [0.1, 0.15) is 11.3 Å². The van der Waals surface area contributed by atoms with Crippen LogP contribution in [0.1, 0.15) is 33.5 Å². The molecule has 1 aromatic carbocycles. The number of esters is 1. The van der Waals surface area contributed by atoms with E-state index in [4.69, 9.17) is 16.3 Å². The van der Waals surface area contributed by atoms with Crippen molar-refractivity contribution in [1.82, 2.24) is 9.38 Å². The van der Waals surface area contributed by atoms with E-state index in [0.717, 1.165) is 4.47 Å². The number of aromatic nitrogens is 2. The largest absolute Gasteiger partial charge is 0.465 e. The van der Waals surface area contributed by atoms with Gasteiger partial charge in [-0.1, -0.05) is 18.5 Å². The van der Waals surface area contributed by atoms with Crippen molar-refractivity contribution in [3.05, 3.63) is 63.0 Å². The minimum absolute atomic E-state index is 0.295. The molecule has 0 bridgehead atoms. The number of hydrogen-bond acceptors (Lipinski definition) is 4. The second kappa shape index (κ2) is 7.47. The van der Waals surface area contributed by atoms with Crippen LogP contribution in [0.3, 0.4) is 0 Å². The van der Waals surface area contributed by atoms with E-state index in [2.05, 4.69) is 26.2 Å². The van der Waals surface area contributed by atoms with Gasteiger partial charge in [0.15, 0.2) is 0 Å². The van der Waals surface area contributed by atoms with Crippen LogP contribution in [0.5, 0.6) is 0 Å². The monoisotopic (exact) mass is 435 g/mol. The molecule has 0 atom stereocenters. The summed E-state index contributed by atoms with van der Waals surface area (Å²) in [4.78, 5) is 29.1. The molecule has 3 aromatic rings. The third-order valence-electron chi connectivity index (χ3n) is 3.84. The van der Waals surface area contributed by atoms with Crippen LogP contribution in [0, 0.1) is 0 Å². The SMILES string of the molecule is CCc1nc2ccc(Br)cn2c1C(=O)Nc1cc(C(=O)OC)ccc1Cl. The van der Waals surface area contributed by atoms with Crippen LogP contribution < -0.4 is 5.32 Å². The summed E-state index contributed by atoms with van der Waals surface area (Å²) in [7, 11) is 1.29. The van der Waals surface area contributed by atoms with Crippen molar-refractivity contribution in [2.24, 2.45) is 0 Å². The number of amides is 1. The van der Waals surface area contributed by atoms with Gasteiger partial charge in [-0.15, -0.1) is 0 Å². The van der Waals surface area contributed by atoms with E-state index in [-0.39, 0.29) is 5.91 Å². The number of ether oxygens (including phenoxy) is 1. The van der Waals surface area contributed by atoms with Crippen molar-refractivity contribution >= 4 is 50.7 Å². The Kier molecular flexibility index (Phi) is 5.29. The Hall–Kier alpha value is -2.38. The summed E-state index contributed by atoms with van der Waals surface area (Å²) in [6.45, 7) is 1.93. The zero-order valence-electron chi connectivity index (χ0n) is 14.0. The van der Waals surface area contributed by atoms with Gasteiger partial charge in [0.2, 0.25) is 0 Å². The highest BCUT2D eigenvalue weighted by Gasteiger charge is 2.20. The number of rotatable bonds is 4. The highest BCUT2D eigenvalue weighted by Crippen LogP contribution is 2.25. The van der Waals surface area contributed by atoms with Gasteiger partial charge in [-0.2, -0.15) is 0 Å². The zero-order chi connectivity index (χ0) is 18.8. The number of fused-ring (bicyclic) bond motifs is 1. The van der Waals surface area contributed by atoms with Crippen LogP contribution in [0.25, 0.3) is 5.65 Å². The van der Waals surface area contributed by atoms with E-state index < -0.39 is 5.97 Å². The lowest BCUT2D eigenvalue weighted by Crippen LogP contribution is -2.17. The molecule has 6 nitrogen and oxygen atoms in total. The highest BCUT2D eigenvalue weighted by atomic mass is 79.9. The number of halogens is 2. The molecule has 0 saturated heterocycles. The first kappa shape index (κ1) is 18.4. The Morgan fingerprint density at radius 2 is 2.08 bits per heavy atom. The number of methoxy groups -OCH3 is 1. The molecule has 0 saturated carbocycles. The lowest BCUT2D eigenvalue weighted by molar-refractivity contribution is 0.0600. The summed E-state index contributed by atoms with van der Waals surface area (Å²) in [5.74, 6) is -0.874. The van der Waals surface area contributed by atoms with Gasteiger partial charge in [0.05, 0.1) is 29.1 Å². The van der Waals surface area contributed by atoms with Gasteiger partial charge in [-0.3, -0.25) is 9.20 Å². The standard InChI is InChI=1S/C18H15BrClN3O3/c1-3-13-16(23-9-11(19)5-7-15(23)21-13)17(24)22-14-8-10(18(25)26-2)4-6-12(14)20/h4-9H,3H2,1-2H3,(H,22,24). The third-order valence-corrected chi connectivity index (χ3v) is 4.64. The minimum atomic E-state index is -0.509. The Bertz CT molecular complexity index is 1020. The summed E-state index contributed by atoms with van der Waals surface area (Å²) in [5.41, 5.74) is 2.38. The molecular formula is C18H15BrClN3O3. The lowest BCUT2D eigenvalue weighted by atomic mass is 10.2. The fourth-order valence-electron chi connectivity index (χ4n) is 2.60. The molecule has 0 spiro atoms. The molecule has 3 rings (SSSR count). The summed E-state index contributed by atoms with van der Waals surface area (Å²) >= 11 is 9.58. The average Bonchev–Trinajstić information content (AvgIpc) is 3.00. The van der Waals surface area contributed by atoms with Gasteiger partial charge in [-0.25, -0.2) is 9.78 Å². The maximum Gasteiger partial charge on any atom is 0.337 e. The first-order chi connectivity index (χ1) is 12.4. The van der Waals surface area contributed by atoms with E-state index in [1.54, 1.807) is 10.6 Å². The van der Waals surface area contributed by atoms with E-state index in [1.807, 2.05) is 19.1 Å². The van der Waals surface area contributed by atoms with E-state index in [0.29, 0.717) is 39.7 Å². The maximum atomic E-state index is 12.9. The predicted octanol–water partition coefficient (Wildman–Crippen LogP) is 4.35.